The van der Waals surface area contributed by atoms with Gasteiger partial charge in [0, 0.05) is 34.8 Å². The standard InChI is InChI=1S/C23H26N4O3/c1-24-10-8-13-12-25-21-14(4-6-17(28)19(13)21)15-5-7-18(29)20-16(9-11-27(2)3)23(30)26-22(15)20/h4-7,12,24-25,28H,8-11H2,1-3H3,(H,26,30). The Labute approximate surface area is 175 Å². The van der Waals surface area contributed by atoms with E-state index < -0.39 is 0 Å². The van der Waals surface area contributed by atoms with Crippen LogP contribution < -0.4 is 10.6 Å². The molecule has 0 spiro atoms. The van der Waals surface area contributed by atoms with E-state index in [2.05, 4.69) is 15.6 Å². The van der Waals surface area contributed by atoms with Crippen molar-refractivity contribution in [2.24, 2.45) is 0 Å². The summed E-state index contributed by atoms with van der Waals surface area (Å²) in [5.41, 5.74) is 4.95. The number of rotatable bonds is 7. The molecule has 0 fully saturated rings. The third-order valence-corrected chi connectivity index (χ3v) is 5.62. The van der Waals surface area contributed by atoms with Gasteiger partial charge in [0.1, 0.15) is 5.75 Å². The lowest BCUT2D eigenvalue weighted by Gasteiger charge is -2.16. The van der Waals surface area contributed by atoms with Crippen molar-refractivity contribution in [1.82, 2.24) is 20.5 Å². The number of aromatic hydroxyl groups is 1. The van der Waals surface area contributed by atoms with E-state index in [0.717, 1.165) is 40.6 Å². The second-order valence-corrected chi connectivity index (χ2v) is 7.90. The van der Waals surface area contributed by atoms with Gasteiger partial charge >= 0.3 is 0 Å². The van der Waals surface area contributed by atoms with Crippen LogP contribution >= 0.6 is 0 Å². The zero-order chi connectivity index (χ0) is 21.4. The number of nitrogens with one attached hydrogen (secondary N) is 3. The van der Waals surface area contributed by atoms with Crippen LogP contribution in [0.4, 0.5) is 0 Å². The first-order chi connectivity index (χ1) is 14.4. The summed E-state index contributed by atoms with van der Waals surface area (Å²) in [6.07, 6.45) is 6.45. The minimum Gasteiger partial charge on any atom is -0.507 e. The van der Waals surface area contributed by atoms with Gasteiger partial charge in [-0.05, 0) is 70.4 Å². The van der Waals surface area contributed by atoms with Crippen molar-refractivity contribution >= 4 is 28.2 Å². The Morgan fingerprint density at radius 3 is 2.67 bits per heavy atom. The molecule has 0 atom stereocenters. The number of amides is 1. The lowest BCUT2D eigenvalue weighted by atomic mass is 9.89. The Morgan fingerprint density at radius 1 is 1.13 bits per heavy atom. The van der Waals surface area contributed by atoms with Crippen LogP contribution in [0.5, 0.6) is 5.75 Å². The maximum absolute atomic E-state index is 12.7. The number of phenols is 1. The highest BCUT2D eigenvalue weighted by Crippen LogP contribution is 2.39. The highest BCUT2D eigenvalue weighted by molar-refractivity contribution is 6.22. The molecule has 1 aliphatic heterocycles. The predicted octanol–water partition coefficient (Wildman–Crippen LogP) is 1.86. The molecule has 156 valence electrons. The van der Waals surface area contributed by atoms with E-state index in [9.17, 15) is 14.7 Å². The Bertz CT molecular complexity index is 1130. The van der Waals surface area contributed by atoms with Crippen LogP contribution in [0.15, 0.2) is 47.3 Å². The Hall–Kier alpha value is -3.16. The molecule has 2 heterocycles. The number of H-pyrrole nitrogens is 1. The number of allylic oxidation sites excluding steroid dienone is 4. The van der Waals surface area contributed by atoms with Crippen molar-refractivity contribution in [3.8, 4) is 5.75 Å². The summed E-state index contributed by atoms with van der Waals surface area (Å²) in [6, 6.07) is 3.49. The molecule has 2 aliphatic rings. The summed E-state index contributed by atoms with van der Waals surface area (Å²) in [6.45, 7) is 1.47. The van der Waals surface area contributed by atoms with Gasteiger partial charge in [-0.1, -0.05) is 0 Å². The van der Waals surface area contributed by atoms with Crippen LogP contribution in [0.3, 0.4) is 0 Å². The van der Waals surface area contributed by atoms with Crippen LogP contribution in [-0.2, 0) is 16.0 Å². The largest absolute Gasteiger partial charge is 0.507 e. The normalized spacial score (nSPS) is 16.3. The fourth-order valence-corrected chi connectivity index (χ4v) is 4.09. The Kier molecular flexibility index (Phi) is 5.32. The maximum atomic E-state index is 12.7. The number of phenolic OH excluding ortho intramolecular Hbond substituents is 1. The number of hydrogen-bond acceptors (Lipinski definition) is 5. The molecule has 1 aromatic carbocycles. The van der Waals surface area contributed by atoms with E-state index in [-0.39, 0.29) is 17.4 Å². The topological polar surface area (TPSA) is 97.5 Å². The number of aromatic nitrogens is 1. The number of nitrogens with zero attached hydrogens (tertiary/aromatic N) is 1. The first-order valence-electron chi connectivity index (χ1n) is 10.1. The SMILES string of the molecule is CNCCc1c[nH]c2c(C3=C4NC(=O)C(CCN(C)C)=C4C(=O)C=C3)ccc(O)c12. The first-order valence-corrected chi connectivity index (χ1v) is 10.1. The van der Waals surface area contributed by atoms with E-state index >= 15 is 0 Å². The smallest absolute Gasteiger partial charge is 0.252 e. The van der Waals surface area contributed by atoms with E-state index in [0.29, 0.717) is 29.8 Å². The molecule has 4 rings (SSSR count). The van der Waals surface area contributed by atoms with Gasteiger partial charge in [-0.25, -0.2) is 0 Å². The molecular formula is C23H26N4O3. The number of carbonyl (C=O) groups excluding carboxylic acids is 2. The molecule has 1 aliphatic carbocycles. The lowest BCUT2D eigenvalue weighted by molar-refractivity contribution is -0.116. The van der Waals surface area contributed by atoms with Crippen LogP contribution in [0.1, 0.15) is 17.5 Å². The average Bonchev–Trinajstić information content (AvgIpc) is 3.28. The molecule has 1 aromatic heterocycles. The van der Waals surface area contributed by atoms with Crippen molar-refractivity contribution in [1.29, 1.82) is 0 Å². The van der Waals surface area contributed by atoms with E-state index in [1.165, 1.54) is 6.08 Å². The summed E-state index contributed by atoms with van der Waals surface area (Å²) in [4.78, 5) is 30.6. The Balaban J connectivity index is 1.86. The number of carbonyl (C=O) groups is 2. The number of fused-ring (bicyclic) bond motifs is 2. The Morgan fingerprint density at radius 2 is 1.93 bits per heavy atom. The van der Waals surface area contributed by atoms with Crippen molar-refractivity contribution in [3.05, 3.63) is 58.5 Å². The number of hydrogen-bond donors (Lipinski definition) is 4. The summed E-state index contributed by atoms with van der Waals surface area (Å²) < 4.78 is 0. The summed E-state index contributed by atoms with van der Waals surface area (Å²) in [7, 11) is 5.76. The second-order valence-electron chi connectivity index (χ2n) is 7.90. The second kappa shape index (κ2) is 7.93. The molecule has 7 nitrogen and oxygen atoms in total. The van der Waals surface area contributed by atoms with Crippen LogP contribution in [0.25, 0.3) is 16.5 Å². The quantitative estimate of drug-likeness (QED) is 0.563. The van der Waals surface area contributed by atoms with Gasteiger partial charge in [-0.15, -0.1) is 0 Å². The molecular weight excluding hydrogens is 380 g/mol. The van der Waals surface area contributed by atoms with Gasteiger partial charge < -0.3 is 25.6 Å². The summed E-state index contributed by atoms with van der Waals surface area (Å²) in [5.74, 6) is -0.162. The van der Waals surface area contributed by atoms with Gasteiger partial charge in [0.05, 0.1) is 16.8 Å². The monoisotopic (exact) mass is 406 g/mol. The molecule has 7 heteroatoms. The third kappa shape index (κ3) is 3.36. The van der Waals surface area contributed by atoms with Crippen LogP contribution in [0.2, 0.25) is 0 Å². The minimum absolute atomic E-state index is 0.155. The maximum Gasteiger partial charge on any atom is 0.252 e. The molecule has 0 bridgehead atoms. The number of ketones is 1. The van der Waals surface area contributed by atoms with Gasteiger partial charge in [0.15, 0.2) is 5.78 Å². The van der Waals surface area contributed by atoms with Gasteiger partial charge in [0.25, 0.3) is 5.91 Å². The van der Waals surface area contributed by atoms with Gasteiger partial charge in [-0.3, -0.25) is 9.59 Å². The number of likely N-dealkylation sites (N-methyl/N-ethyl adjacent to an activating group) is 1. The first kappa shape index (κ1) is 20.1. The predicted molar refractivity (Wildman–Crippen MR) is 117 cm³/mol. The molecule has 2 aromatic rings. The molecule has 0 saturated heterocycles. The molecule has 4 N–H and O–H groups in total. The fraction of sp³-hybridized carbons (Fsp3) is 0.304. The number of aromatic amines is 1. The lowest BCUT2D eigenvalue weighted by Crippen LogP contribution is -2.20. The van der Waals surface area contributed by atoms with E-state index in [1.807, 2.05) is 38.3 Å². The zero-order valence-corrected chi connectivity index (χ0v) is 17.4. The van der Waals surface area contributed by atoms with Crippen LogP contribution in [0, 0.1) is 0 Å². The van der Waals surface area contributed by atoms with Crippen LogP contribution in [-0.4, -0.2) is 60.9 Å². The molecule has 0 unspecified atom stereocenters. The zero-order valence-electron chi connectivity index (χ0n) is 17.4. The minimum atomic E-state index is -0.215. The molecule has 30 heavy (non-hydrogen) atoms. The van der Waals surface area contributed by atoms with Crippen molar-refractivity contribution in [2.45, 2.75) is 12.8 Å². The highest BCUT2D eigenvalue weighted by atomic mass is 16.3. The molecule has 0 saturated carbocycles. The average molecular weight is 406 g/mol. The molecule has 0 radical (unpaired) electrons. The number of benzene rings is 1. The third-order valence-electron chi connectivity index (χ3n) is 5.62. The summed E-state index contributed by atoms with van der Waals surface area (Å²) in [5, 5.41) is 17.3. The van der Waals surface area contributed by atoms with Gasteiger partial charge in [0.2, 0.25) is 0 Å². The fourth-order valence-electron chi connectivity index (χ4n) is 4.09. The van der Waals surface area contributed by atoms with Crippen molar-refractivity contribution in [2.75, 3.05) is 34.2 Å². The van der Waals surface area contributed by atoms with Crippen molar-refractivity contribution < 1.29 is 14.7 Å². The van der Waals surface area contributed by atoms with E-state index in [4.69, 9.17) is 0 Å². The van der Waals surface area contributed by atoms with Crippen molar-refractivity contribution in [3.63, 3.8) is 0 Å². The van der Waals surface area contributed by atoms with E-state index in [1.54, 1.807) is 12.1 Å². The highest BCUT2D eigenvalue weighted by Gasteiger charge is 2.34. The van der Waals surface area contributed by atoms with Gasteiger partial charge in [-0.2, -0.15) is 0 Å². The molecule has 1 amide bonds. The summed E-state index contributed by atoms with van der Waals surface area (Å²) >= 11 is 0.